The molecule has 5 rings (SSSR count). The highest BCUT2D eigenvalue weighted by atomic mass is 32.2. The van der Waals surface area contributed by atoms with Crippen molar-refractivity contribution in [2.45, 2.75) is 30.7 Å². The van der Waals surface area contributed by atoms with Gasteiger partial charge in [-0.15, -0.1) is 0 Å². The molecule has 1 aliphatic rings. The Hall–Kier alpha value is -3.66. The van der Waals surface area contributed by atoms with Gasteiger partial charge in [0.2, 0.25) is 6.79 Å². The van der Waals surface area contributed by atoms with Crippen molar-refractivity contribution in [3.05, 3.63) is 87.0 Å². The molecule has 2 N–H and O–H groups in total. The maximum atomic E-state index is 13.5. The lowest BCUT2D eigenvalue weighted by molar-refractivity contribution is 0.174. The average Bonchev–Trinajstić information content (AvgIpc) is 3.49. The summed E-state index contributed by atoms with van der Waals surface area (Å²) in [6, 6.07) is 11.1. The van der Waals surface area contributed by atoms with Gasteiger partial charge in [0.15, 0.2) is 28.3 Å². The molecule has 0 bridgehead atoms. The molecule has 2 aromatic carbocycles. The van der Waals surface area contributed by atoms with Crippen molar-refractivity contribution < 1.29 is 18.3 Å². The number of hydrogen-bond acceptors (Lipinski definition) is 6. The fourth-order valence-electron chi connectivity index (χ4n) is 3.74. The fraction of sp³-hybridized carbons (Fsp3) is 0.208. The third-order valence-corrected chi connectivity index (χ3v) is 6.37. The summed E-state index contributed by atoms with van der Waals surface area (Å²) < 4.78 is 37.5. The number of aromatic nitrogens is 4. The Balaban J connectivity index is 1.33. The predicted molar refractivity (Wildman–Crippen MR) is 123 cm³/mol. The third-order valence-electron chi connectivity index (χ3n) is 5.46. The van der Waals surface area contributed by atoms with E-state index in [1.807, 2.05) is 25.1 Å². The largest absolute Gasteiger partial charge is 0.454 e. The first-order valence-corrected chi connectivity index (χ1v) is 11.6. The van der Waals surface area contributed by atoms with E-state index in [-0.39, 0.29) is 12.4 Å². The van der Waals surface area contributed by atoms with Gasteiger partial charge < -0.3 is 14.5 Å². The first-order valence-electron chi connectivity index (χ1n) is 10.6. The van der Waals surface area contributed by atoms with E-state index in [9.17, 15) is 13.6 Å². The van der Waals surface area contributed by atoms with E-state index in [4.69, 9.17) is 14.5 Å². The van der Waals surface area contributed by atoms with Gasteiger partial charge in [-0.05, 0) is 48.4 Å². The van der Waals surface area contributed by atoms with Crippen LogP contribution in [0.15, 0.2) is 52.4 Å². The van der Waals surface area contributed by atoms with Gasteiger partial charge in [-0.1, -0.05) is 24.8 Å². The van der Waals surface area contributed by atoms with Crippen molar-refractivity contribution in [2.75, 3.05) is 6.79 Å². The zero-order chi connectivity index (χ0) is 23.7. The van der Waals surface area contributed by atoms with Crippen LogP contribution >= 0.6 is 11.8 Å². The van der Waals surface area contributed by atoms with E-state index < -0.39 is 11.6 Å². The van der Waals surface area contributed by atoms with Gasteiger partial charge in [-0.3, -0.25) is 9.89 Å². The van der Waals surface area contributed by atoms with Gasteiger partial charge in [0.25, 0.3) is 5.56 Å². The van der Waals surface area contributed by atoms with E-state index in [1.165, 1.54) is 17.8 Å². The van der Waals surface area contributed by atoms with Crippen LogP contribution in [0.5, 0.6) is 11.5 Å². The maximum Gasteiger partial charge on any atom is 0.254 e. The van der Waals surface area contributed by atoms with Crippen molar-refractivity contribution in [3.63, 3.8) is 0 Å². The van der Waals surface area contributed by atoms with Crippen molar-refractivity contribution >= 4 is 11.8 Å². The highest BCUT2D eigenvalue weighted by Gasteiger charge is 2.16. The Morgan fingerprint density at radius 2 is 1.91 bits per heavy atom. The summed E-state index contributed by atoms with van der Waals surface area (Å²) in [7, 11) is 0. The second-order valence-corrected chi connectivity index (χ2v) is 8.67. The van der Waals surface area contributed by atoms with E-state index in [1.54, 1.807) is 6.07 Å². The lowest BCUT2D eigenvalue weighted by atomic mass is 10.0. The highest BCUT2D eigenvalue weighted by Crippen LogP contribution is 2.33. The van der Waals surface area contributed by atoms with Crippen LogP contribution in [0, 0.1) is 11.6 Å². The van der Waals surface area contributed by atoms with Gasteiger partial charge in [0, 0.05) is 23.3 Å². The number of rotatable bonds is 7. The van der Waals surface area contributed by atoms with Crippen LogP contribution in [-0.4, -0.2) is 27.0 Å². The molecule has 0 amide bonds. The van der Waals surface area contributed by atoms with Crippen molar-refractivity contribution in [1.82, 2.24) is 20.2 Å². The second-order valence-electron chi connectivity index (χ2n) is 7.70. The lowest BCUT2D eigenvalue weighted by Crippen LogP contribution is -2.18. The molecule has 0 spiro atoms. The first kappa shape index (κ1) is 22.1. The Labute approximate surface area is 197 Å². The highest BCUT2D eigenvalue weighted by molar-refractivity contribution is 7.98. The van der Waals surface area contributed by atoms with E-state index in [2.05, 4.69) is 15.2 Å². The maximum absolute atomic E-state index is 13.5. The number of thioether (sulfide) groups is 1. The van der Waals surface area contributed by atoms with Crippen molar-refractivity contribution in [3.8, 4) is 22.8 Å². The van der Waals surface area contributed by atoms with Crippen LogP contribution < -0.4 is 15.0 Å². The van der Waals surface area contributed by atoms with E-state index in [0.717, 1.165) is 17.7 Å². The zero-order valence-electron chi connectivity index (χ0n) is 18.2. The summed E-state index contributed by atoms with van der Waals surface area (Å²) >= 11 is 1.34. The smallest absolute Gasteiger partial charge is 0.254 e. The molecule has 10 heteroatoms. The monoisotopic (exact) mass is 482 g/mol. The number of aromatic amines is 2. The molecule has 0 fully saturated rings. The number of nitrogens with one attached hydrogen (secondary N) is 2. The minimum Gasteiger partial charge on any atom is -0.454 e. The Morgan fingerprint density at radius 1 is 1.06 bits per heavy atom. The Bertz CT molecular complexity index is 1420. The van der Waals surface area contributed by atoms with Crippen LogP contribution in [0.3, 0.4) is 0 Å². The second kappa shape index (κ2) is 9.30. The number of benzene rings is 2. The standard InChI is InChI=1S/C24H20F2N4O3S/c1-2-16-20(7-13-3-6-21-22(8-13)33-12-32-21)27-24(28-23(16)31)34-11-15-10-19(30-29-15)14-4-5-17(25)18(26)9-14/h3-6,8-10H,2,7,11-12H2,1H3,(H,29,30)(H,27,28,31). The van der Waals surface area contributed by atoms with Crippen molar-refractivity contribution in [1.29, 1.82) is 0 Å². The Kier molecular flexibility index (Phi) is 6.06. The fourth-order valence-corrected chi connectivity index (χ4v) is 4.51. The van der Waals surface area contributed by atoms with Gasteiger partial charge in [0.1, 0.15) is 0 Å². The van der Waals surface area contributed by atoms with Gasteiger partial charge >= 0.3 is 0 Å². The molecule has 0 saturated heterocycles. The molecule has 34 heavy (non-hydrogen) atoms. The van der Waals surface area contributed by atoms with Gasteiger partial charge in [-0.25, -0.2) is 13.8 Å². The van der Waals surface area contributed by atoms with E-state index >= 15 is 0 Å². The number of ether oxygens (including phenoxy) is 2. The molecular weight excluding hydrogens is 462 g/mol. The quantitative estimate of drug-likeness (QED) is 0.295. The summed E-state index contributed by atoms with van der Waals surface area (Å²) in [6.07, 6.45) is 1.05. The molecular formula is C24H20F2N4O3S. The van der Waals surface area contributed by atoms with Gasteiger partial charge in [0.05, 0.1) is 17.1 Å². The Morgan fingerprint density at radius 3 is 2.74 bits per heavy atom. The molecule has 3 heterocycles. The topological polar surface area (TPSA) is 92.9 Å². The number of fused-ring (bicyclic) bond motifs is 1. The molecule has 0 aliphatic carbocycles. The predicted octanol–water partition coefficient (Wildman–Crippen LogP) is 4.61. The SMILES string of the molecule is CCc1c(Cc2ccc3c(c2)OCO3)nc(SCc2cc(-c3ccc(F)c(F)c3)[nH]n2)[nH]c1=O. The minimum atomic E-state index is -0.921. The molecule has 0 saturated carbocycles. The average molecular weight is 483 g/mol. The summed E-state index contributed by atoms with van der Waals surface area (Å²) in [5.41, 5.74) is 3.90. The first-order chi connectivity index (χ1) is 16.5. The van der Waals surface area contributed by atoms with Crippen LogP contribution in [0.2, 0.25) is 0 Å². The number of halogens is 2. The van der Waals surface area contributed by atoms with Crippen LogP contribution in [0.25, 0.3) is 11.3 Å². The van der Waals surface area contributed by atoms with Crippen LogP contribution in [-0.2, 0) is 18.6 Å². The molecule has 2 aromatic heterocycles. The molecule has 174 valence electrons. The molecule has 0 atom stereocenters. The van der Waals surface area contributed by atoms with Crippen LogP contribution in [0.1, 0.15) is 29.4 Å². The van der Waals surface area contributed by atoms with Crippen LogP contribution in [0.4, 0.5) is 8.78 Å². The zero-order valence-corrected chi connectivity index (χ0v) is 19.0. The molecule has 4 aromatic rings. The molecule has 0 radical (unpaired) electrons. The van der Waals surface area contributed by atoms with Gasteiger partial charge in [-0.2, -0.15) is 5.10 Å². The summed E-state index contributed by atoms with van der Waals surface area (Å²) in [4.78, 5) is 20.2. The molecule has 1 aliphatic heterocycles. The summed E-state index contributed by atoms with van der Waals surface area (Å²) in [6.45, 7) is 2.12. The number of hydrogen-bond donors (Lipinski definition) is 2. The molecule has 7 nitrogen and oxygen atoms in total. The third kappa shape index (κ3) is 4.54. The minimum absolute atomic E-state index is 0.166. The van der Waals surface area contributed by atoms with E-state index in [0.29, 0.717) is 63.5 Å². The molecule has 0 unspecified atom stereocenters. The summed E-state index contributed by atoms with van der Waals surface area (Å²) in [5, 5.41) is 7.55. The number of nitrogens with zero attached hydrogens (tertiary/aromatic N) is 2. The number of H-pyrrole nitrogens is 2. The summed E-state index contributed by atoms with van der Waals surface area (Å²) in [5.74, 6) is -0.00319. The lowest BCUT2D eigenvalue weighted by Gasteiger charge is -2.09. The van der Waals surface area contributed by atoms with Crippen molar-refractivity contribution in [2.24, 2.45) is 0 Å². The normalized spacial score (nSPS) is 12.3.